The number of hydrogen-bond acceptors (Lipinski definition) is 2. The third-order valence-electron chi connectivity index (χ3n) is 1.77. The Balaban J connectivity index is 2.52. The predicted octanol–water partition coefficient (Wildman–Crippen LogP) is 2.86. The average molecular weight is 213 g/mol. The fourth-order valence-electron chi connectivity index (χ4n) is 1.01. The molecular formula is C10H13ClN2O. The van der Waals surface area contributed by atoms with E-state index in [0.717, 1.165) is 12.8 Å². The molecule has 4 heteroatoms. The van der Waals surface area contributed by atoms with Gasteiger partial charge in [-0.25, -0.2) is 4.98 Å². The molecule has 76 valence electrons. The summed E-state index contributed by atoms with van der Waals surface area (Å²) in [5.41, 5.74) is 0. The van der Waals surface area contributed by atoms with Gasteiger partial charge < -0.3 is 5.32 Å². The topological polar surface area (TPSA) is 42.0 Å². The van der Waals surface area contributed by atoms with Crippen molar-refractivity contribution in [2.24, 2.45) is 0 Å². The number of nitrogens with zero attached hydrogens (tertiary/aromatic N) is 1. The first-order valence-corrected chi connectivity index (χ1v) is 5.02. The molecule has 1 aromatic rings. The number of pyridine rings is 1. The van der Waals surface area contributed by atoms with E-state index in [9.17, 15) is 4.79 Å². The highest BCUT2D eigenvalue weighted by atomic mass is 35.5. The zero-order chi connectivity index (χ0) is 10.4. The summed E-state index contributed by atoms with van der Waals surface area (Å²) in [6.45, 7) is 2.04. The molecule has 0 aliphatic carbocycles. The third-order valence-corrected chi connectivity index (χ3v) is 2.08. The number of carbonyl (C=O) groups excluding carboxylic acids is 1. The van der Waals surface area contributed by atoms with Gasteiger partial charge in [0.25, 0.3) is 0 Å². The number of unbranched alkanes of at least 4 members (excludes halogenated alkanes) is 1. The van der Waals surface area contributed by atoms with E-state index in [1.54, 1.807) is 18.3 Å². The summed E-state index contributed by atoms with van der Waals surface area (Å²) in [5, 5.41) is 3.13. The number of rotatable bonds is 4. The van der Waals surface area contributed by atoms with Crippen LogP contribution in [0, 0.1) is 0 Å². The second-order valence-corrected chi connectivity index (χ2v) is 3.39. The van der Waals surface area contributed by atoms with Crippen molar-refractivity contribution in [3.8, 4) is 0 Å². The molecule has 0 aliphatic heterocycles. The van der Waals surface area contributed by atoms with Crippen molar-refractivity contribution < 1.29 is 4.79 Å². The Bertz CT molecular complexity index is 315. The molecule has 1 rings (SSSR count). The summed E-state index contributed by atoms with van der Waals surface area (Å²) in [5.74, 6) is 0.405. The van der Waals surface area contributed by atoms with Crippen molar-refractivity contribution in [2.45, 2.75) is 26.2 Å². The quantitative estimate of drug-likeness (QED) is 0.834. The average Bonchev–Trinajstić information content (AvgIpc) is 2.18. The SMILES string of the molecule is CCCCC(=O)Nc1ncccc1Cl. The molecule has 0 unspecified atom stereocenters. The molecular weight excluding hydrogens is 200 g/mol. The number of carbonyl (C=O) groups is 1. The minimum absolute atomic E-state index is 0.0348. The largest absolute Gasteiger partial charge is 0.309 e. The van der Waals surface area contributed by atoms with E-state index in [2.05, 4.69) is 10.3 Å². The maximum atomic E-state index is 11.3. The van der Waals surface area contributed by atoms with Crippen LogP contribution in [0.5, 0.6) is 0 Å². The number of hydrogen-bond donors (Lipinski definition) is 1. The fourth-order valence-corrected chi connectivity index (χ4v) is 1.18. The van der Waals surface area contributed by atoms with Crippen LogP contribution in [0.15, 0.2) is 18.3 Å². The molecule has 0 aliphatic rings. The lowest BCUT2D eigenvalue weighted by molar-refractivity contribution is -0.116. The van der Waals surface area contributed by atoms with Crippen molar-refractivity contribution in [3.05, 3.63) is 23.4 Å². The summed E-state index contributed by atoms with van der Waals surface area (Å²) < 4.78 is 0. The van der Waals surface area contributed by atoms with E-state index in [0.29, 0.717) is 17.3 Å². The predicted molar refractivity (Wildman–Crippen MR) is 57.4 cm³/mol. The van der Waals surface area contributed by atoms with Crippen LogP contribution >= 0.6 is 11.6 Å². The van der Waals surface area contributed by atoms with E-state index in [4.69, 9.17) is 11.6 Å². The Morgan fingerprint density at radius 3 is 3.07 bits per heavy atom. The van der Waals surface area contributed by atoms with Crippen molar-refractivity contribution in [2.75, 3.05) is 5.32 Å². The Morgan fingerprint density at radius 1 is 1.64 bits per heavy atom. The fraction of sp³-hybridized carbons (Fsp3) is 0.400. The first-order chi connectivity index (χ1) is 6.74. The van der Waals surface area contributed by atoms with Gasteiger partial charge in [0.05, 0.1) is 5.02 Å². The van der Waals surface area contributed by atoms with E-state index >= 15 is 0 Å². The number of aromatic nitrogens is 1. The minimum atomic E-state index is -0.0348. The van der Waals surface area contributed by atoms with Gasteiger partial charge in [0, 0.05) is 12.6 Å². The summed E-state index contributed by atoms with van der Waals surface area (Å²) in [4.78, 5) is 15.3. The molecule has 3 nitrogen and oxygen atoms in total. The third kappa shape index (κ3) is 3.34. The lowest BCUT2D eigenvalue weighted by Gasteiger charge is -2.04. The van der Waals surface area contributed by atoms with Gasteiger partial charge in [0.15, 0.2) is 5.82 Å². The van der Waals surface area contributed by atoms with Gasteiger partial charge in [-0.05, 0) is 18.6 Å². The molecule has 1 amide bonds. The van der Waals surface area contributed by atoms with Gasteiger partial charge in [0.1, 0.15) is 0 Å². The van der Waals surface area contributed by atoms with Crippen molar-refractivity contribution in [1.29, 1.82) is 0 Å². The molecule has 0 atom stereocenters. The summed E-state index contributed by atoms with van der Waals surface area (Å²) in [7, 11) is 0. The smallest absolute Gasteiger partial charge is 0.225 e. The molecule has 0 radical (unpaired) electrons. The highest BCUT2D eigenvalue weighted by Crippen LogP contribution is 2.17. The summed E-state index contributed by atoms with van der Waals surface area (Å²) in [6, 6.07) is 3.42. The Kier molecular flexibility index (Phi) is 4.40. The molecule has 0 saturated carbocycles. The molecule has 14 heavy (non-hydrogen) atoms. The second-order valence-electron chi connectivity index (χ2n) is 2.99. The number of anilines is 1. The molecule has 1 aromatic heterocycles. The van der Waals surface area contributed by atoms with Crippen molar-refractivity contribution >= 4 is 23.3 Å². The molecule has 0 aromatic carbocycles. The van der Waals surface area contributed by atoms with Crippen LogP contribution in [0.3, 0.4) is 0 Å². The van der Waals surface area contributed by atoms with Crippen LogP contribution in [0.2, 0.25) is 5.02 Å². The van der Waals surface area contributed by atoms with Crippen LogP contribution in [0.4, 0.5) is 5.82 Å². The standard InChI is InChI=1S/C10H13ClN2O/c1-2-3-6-9(14)13-10-8(11)5-4-7-12-10/h4-5,7H,2-3,6H2,1H3,(H,12,13,14). The molecule has 0 saturated heterocycles. The Labute approximate surface area is 88.5 Å². The van der Waals surface area contributed by atoms with Crippen molar-refractivity contribution in [3.63, 3.8) is 0 Å². The van der Waals surface area contributed by atoms with Gasteiger partial charge in [-0.15, -0.1) is 0 Å². The normalized spacial score (nSPS) is 9.86. The highest BCUT2D eigenvalue weighted by molar-refractivity contribution is 6.33. The lowest BCUT2D eigenvalue weighted by Crippen LogP contribution is -2.12. The van der Waals surface area contributed by atoms with Gasteiger partial charge >= 0.3 is 0 Å². The number of amides is 1. The van der Waals surface area contributed by atoms with Crippen LogP contribution in [-0.4, -0.2) is 10.9 Å². The zero-order valence-electron chi connectivity index (χ0n) is 8.09. The number of halogens is 1. The van der Waals surface area contributed by atoms with Crippen LogP contribution < -0.4 is 5.32 Å². The maximum Gasteiger partial charge on any atom is 0.225 e. The van der Waals surface area contributed by atoms with Crippen LogP contribution in [0.25, 0.3) is 0 Å². The van der Waals surface area contributed by atoms with Gasteiger partial charge in [0.2, 0.25) is 5.91 Å². The second kappa shape index (κ2) is 5.60. The van der Waals surface area contributed by atoms with Gasteiger partial charge in [-0.3, -0.25) is 4.79 Å². The van der Waals surface area contributed by atoms with Crippen LogP contribution in [0.1, 0.15) is 26.2 Å². The van der Waals surface area contributed by atoms with Crippen LogP contribution in [-0.2, 0) is 4.79 Å². The van der Waals surface area contributed by atoms with Gasteiger partial charge in [-0.1, -0.05) is 24.9 Å². The van der Waals surface area contributed by atoms with Crippen molar-refractivity contribution in [1.82, 2.24) is 4.98 Å². The monoisotopic (exact) mass is 212 g/mol. The highest BCUT2D eigenvalue weighted by Gasteiger charge is 2.04. The molecule has 0 bridgehead atoms. The first-order valence-electron chi connectivity index (χ1n) is 4.64. The lowest BCUT2D eigenvalue weighted by atomic mass is 10.2. The van der Waals surface area contributed by atoms with E-state index in [1.807, 2.05) is 6.92 Å². The maximum absolute atomic E-state index is 11.3. The van der Waals surface area contributed by atoms with Gasteiger partial charge in [-0.2, -0.15) is 0 Å². The Morgan fingerprint density at radius 2 is 2.43 bits per heavy atom. The minimum Gasteiger partial charge on any atom is -0.309 e. The molecule has 1 N–H and O–H groups in total. The van der Waals surface area contributed by atoms with E-state index < -0.39 is 0 Å². The molecule has 1 heterocycles. The zero-order valence-corrected chi connectivity index (χ0v) is 8.84. The molecule has 0 fully saturated rings. The first kappa shape index (κ1) is 11.0. The molecule has 0 spiro atoms. The number of nitrogens with one attached hydrogen (secondary N) is 1. The summed E-state index contributed by atoms with van der Waals surface area (Å²) in [6.07, 6.45) is 4.00. The van der Waals surface area contributed by atoms with E-state index in [-0.39, 0.29) is 5.91 Å². The summed E-state index contributed by atoms with van der Waals surface area (Å²) >= 11 is 5.83. The van der Waals surface area contributed by atoms with E-state index in [1.165, 1.54) is 0 Å². The Hall–Kier alpha value is -1.09.